The number of nitrogens with one attached hydrogen (secondary N) is 1. The third-order valence-corrected chi connectivity index (χ3v) is 5.71. The van der Waals surface area contributed by atoms with E-state index >= 15 is 0 Å². The molecule has 1 amide bonds. The van der Waals surface area contributed by atoms with Gasteiger partial charge in [0.05, 0.1) is 22.8 Å². The first-order valence-corrected chi connectivity index (χ1v) is 10.9. The van der Waals surface area contributed by atoms with Gasteiger partial charge in [-0.2, -0.15) is 0 Å². The number of benzene rings is 2. The Bertz CT molecular complexity index is 1210. The molecular formula is C25H24ClN3O4. The van der Waals surface area contributed by atoms with E-state index in [2.05, 4.69) is 31.1 Å². The topological polar surface area (TPSA) is 91.8 Å². The van der Waals surface area contributed by atoms with Gasteiger partial charge in [0.2, 0.25) is 6.10 Å². The van der Waals surface area contributed by atoms with Crippen molar-refractivity contribution in [1.82, 2.24) is 4.98 Å². The molecular weight excluding hydrogens is 442 g/mol. The number of pyridine rings is 1. The van der Waals surface area contributed by atoms with Crippen molar-refractivity contribution in [1.29, 1.82) is 0 Å². The Morgan fingerprint density at radius 1 is 1.12 bits per heavy atom. The highest BCUT2D eigenvalue weighted by atomic mass is 35.5. The Labute approximate surface area is 197 Å². The largest absolute Gasteiger partial charge is 0.478 e. The summed E-state index contributed by atoms with van der Waals surface area (Å²) in [7, 11) is 0. The molecule has 170 valence electrons. The van der Waals surface area contributed by atoms with Gasteiger partial charge in [-0.3, -0.25) is 4.79 Å². The van der Waals surface area contributed by atoms with E-state index in [1.54, 1.807) is 41.4 Å². The van der Waals surface area contributed by atoms with Crippen molar-refractivity contribution in [3.8, 4) is 5.75 Å². The third-order valence-electron chi connectivity index (χ3n) is 5.42. The van der Waals surface area contributed by atoms with Gasteiger partial charge in [0.1, 0.15) is 0 Å². The number of fused-ring (bicyclic) bond motifs is 1. The average molecular weight is 466 g/mol. The molecule has 2 aromatic carbocycles. The van der Waals surface area contributed by atoms with E-state index in [-0.39, 0.29) is 23.3 Å². The molecule has 0 saturated heterocycles. The summed E-state index contributed by atoms with van der Waals surface area (Å²) in [4.78, 5) is 30.9. The van der Waals surface area contributed by atoms with E-state index in [1.165, 1.54) is 0 Å². The molecule has 2 N–H and O–H groups in total. The summed E-state index contributed by atoms with van der Waals surface area (Å²) in [5.74, 6) is -0.994. The lowest BCUT2D eigenvalue weighted by Crippen LogP contribution is -2.43. The van der Waals surface area contributed by atoms with Crippen molar-refractivity contribution in [2.75, 3.05) is 16.8 Å². The highest BCUT2D eigenvalue weighted by Gasteiger charge is 2.35. The molecule has 0 aliphatic carbocycles. The lowest BCUT2D eigenvalue weighted by Gasteiger charge is -2.35. The Morgan fingerprint density at radius 2 is 1.85 bits per heavy atom. The molecule has 0 spiro atoms. The number of aromatic nitrogens is 1. The zero-order chi connectivity index (χ0) is 23.8. The van der Waals surface area contributed by atoms with E-state index in [4.69, 9.17) is 16.3 Å². The van der Waals surface area contributed by atoms with Gasteiger partial charge in [-0.25, -0.2) is 9.78 Å². The first-order valence-electron chi connectivity index (χ1n) is 10.5. The summed E-state index contributed by atoms with van der Waals surface area (Å²) < 4.78 is 5.77. The molecule has 1 aliphatic heterocycles. The smallest absolute Gasteiger partial charge is 0.346 e. The molecule has 1 unspecified atom stereocenters. The number of ether oxygens (including phenoxy) is 1. The van der Waals surface area contributed by atoms with E-state index in [9.17, 15) is 14.7 Å². The van der Waals surface area contributed by atoms with E-state index in [0.717, 1.165) is 5.56 Å². The molecule has 7 nitrogen and oxygen atoms in total. The van der Waals surface area contributed by atoms with Crippen molar-refractivity contribution >= 4 is 40.7 Å². The summed E-state index contributed by atoms with van der Waals surface area (Å²) in [6, 6.07) is 16.0. The molecule has 0 bridgehead atoms. The fourth-order valence-electron chi connectivity index (χ4n) is 3.64. The summed E-state index contributed by atoms with van der Waals surface area (Å²) in [5, 5.41) is 12.9. The zero-order valence-corrected chi connectivity index (χ0v) is 19.3. The maximum atomic E-state index is 13.2. The highest BCUT2D eigenvalue weighted by molar-refractivity contribution is 6.33. The first kappa shape index (κ1) is 22.6. The number of carboxylic acid groups (broad SMARTS) is 1. The molecule has 0 saturated carbocycles. The predicted molar refractivity (Wildman–Crippen MR) is 128 cm³/mol. The second kappa shape index (κ2) is 8.75. The highest BCUT2D eigenvalue weighted by Crippen LogP contribution is 2.42. The van der Waals surface area contributed by atoms with Crippen molar-refractivity contribution in [2.45, 2.75) is 32.3 Å². The quantitative estimate of drug-likeness (QED) is 0.545. The van der Waals surface area contributed by atoms with Crippen molar-refractivity contribution in [3.63, 3.8) is 0 Å². The number of para-hydroxylation sites is 1. The molecule has 0 fully saturated rings. The van der Waals surface area contributed by atoms with Gasteiger partial charge < -0.3 is 20.1 Å². The van der Waals surface area contributed by atoms with E-state index < -0.39 is 18.0 Å². The Balaban J connectivity index is 1.70. The number of hydrogen-bond acceptors (Lipinski definition) is 5. The fourth-order valence-corrected chi connectivity index (χ4v) is 3.86. The Morgan fingerprint density at radius 3 is 2.48 bits per heavy atom. The van der Waals surface area contributed by atoms with Crippen LogP contribution in [0.1, 0.15) is 36.7 Å². The minimum Gasteiger partial charge on any atom is -0.478 e. The number of amides is 1. The number of carbonyl (C=O) groups excluding carboxylic acids is 1. The molecule has 8 heteroatoms. The van der Waals surface area contributed by atoms with Crippen LogP contribution in [-0.2, 0) is 10.2 Å². The van der Waals surface area contributed by atoms with Gasteiger partial charge in [0, 0.05) is 11.9 Å². The molecule has 4 rings (SSSR count). The van der Waals surface area contributed by atoms with Crippen molar-refractivity contribution < 1.29 is 19.4 Å². The number of aliphatic carboxylic acids is 1. The van der Waals surface area contributed by atoms with Crippen LogP contribution >= 0.6 is 11.6 Å². The zero-order valence-electron chi connectivity index (χ0n) is 18.5. The number of rotatable bonds is 4. The number of carbonyl (C=O) groups is 2. The van der Waals surface area contributed by atoms with Crippen LogP contribution in [0, 0.1) is 0 Å². The molecule has 0 radical (unpaired) electrons. The Hall–Kier alpha value is -3.58. The third kappa shape index (κ3) is 4.64. The van der Waals surface area contributed by atoms with Crippen LogP contribution in [-0.4, -0.2) is 34.6 Å². The van der Waals surface area contributed by atoms with Crippen LogP contribution in [0.3, 0.4) is 0 Å². The van der Waals surface area contributed by atoms with Crippen LogP contribution in [0.2, 0.25) is 5.02 Å². The van der Waals surface area contributed by atoms with Gasteiger partial charge in [-0.1, -0.05) is 50.6 Å². The van der Waals surface area contributed by atoms with E-state index in [1.807, 2.05) is 24.3 Å². The molecule has 33 heavy (non-hydrogen) atoms. The number of hydrogen-bond donors (Lipinski definition) is 2. The maximum Gasteiger partial charge on any atom is 0.346 e. The van der Waals surface area contributed by atoms with Crippen LogP contribution in [0.25, 0.3) is 0 Å². The van der Waals surface area contributed by atoms with Crippen LogP contribution in [0.5, 0.6) is 5.75 Å². The molecule has 2 heterocycles. The SMILES string of the molecule is CC(C)(C)c1ccc(NC(=O)c2cccc3c2OC(C(=O)O)CN3c2ncccc2Cl)cc1. The summed E-state index contributed by atoms with van der Waals surface area (Å²) in [6.07, 6.45) is 0.375. The van der Waals surface area contributed by atoms with Gasteiger partial charge in [-0.15, -0.1) is 0 Å². The van der Waals surface area contributed by atoms with Gasteiger partial charge >= 0.3 is 5.97 Å². The van der Waals surface area contributed by atoms with Gasteiger partial charge in [0.15, 0.2) is 11.6 Å². The standard InChI is InChI=1S/C25H24ClN3O4/c1-25(2,3)15-9-11-16(12-10-15)28-23(30)17-6-4-8-19-21(17)33-20(24(31)32)14-29(19)22-18(26)7-5-13-27-22/h4-13,20H,14H2,1-3H3,(H,28,30)(H,31,32). The maximum absolute atomic E-state index is 13.2. The van der Waals surface area contributed by atoms with E-state index in [0.29, 0.717) is 22.2 Å². The molecule has 3 aromatic rings. The fraction of sp³-hybridized carbons (Fsp3) is 0.240. The van der Waals surface area contributed by atoms with Crippen LogP contribution in [0.15, 0.2) is 60.8 Å². The molecule has 1 atom stereocenters. The summed E-state index contributed by atoms with van der Waals surface area (Å²) >= 11 is 6.33. The number of nitrogens with zero attached hydrogens (tertiary/aromatic N) is 2. The number of halogens is 1. The summed E-state index contributed by atoms with van der Waals surface area (Å²) in [5.41, 5.74) is 2.50. The Kier molecular flexibility index (Phi) is 5.99. The van der Waals surface area contributed by atoms with Crippen LogP contribution < -0.4 is 15.0 Å². The molecule has 1 aromatic heterocycles. The summed E-state index contributed by atoms with van der Waals surface area (Å²) in [6.45, 7) is 6.35. The molecule has 1 aliphatic rings. The minimum atomic E-state index is -1.20. The van der Waals surface area contributed by atoms with Crippen molar-refractivity contribution in [3.05, 3.63) is 76.9 Å². The van der Waals surface area contributed by atoms with Gasteiger partial charge in [-0.05, 0) is 47.4 Å². The second-order valence-electron chi connectivity index (χ2n) is 8.80. The average Bonchev–Trinajstić information content (AvgIpc) is 2.78. The minimum absolute atomic E-state index is 0.00158. The van der Waals surface area contributed by atoms with Crippen molar-refractivity contribution in [2.24, 2.45) is 0 Å². The van der Waals surface area contributed by atoms with Crippen LogP contribution in [0.4, 0.5) is 17.2 Å². The second-order valence-corrected chi connectivity index (χ2v) is 9.21. The lowest BCUT2D eigenvalue weighted by atomic mass is 9.87. The first-order chi connectivity index (χ1) is 15.6. The predicted octanol–water partition coefficient (Wildman–Crippen LogP) is 5.27. The normalized spacial score (nSPS) is 15.4. The number of carboxylic acids is 1. The lowest BCUT2D eigenvalue weighted by molar-refractivity contribution is -0.144. The number of anilines is 3. The van der Waals surface area contributed by atoms with Gasteiger partial charge in [0.25, 0.3) is 5.91 Å². The monoisotopic (exact) mass is 465 g/mol.